The number of hydrogen-bond donors (Lipinski definition) is 4. The molecule has 14 heteroatoms. The molecule has 0 aliphatic rings. The minimum Gasteiger partial charge on any atom is -0.508 e. The van der Waals surface area contributed by atoms with Gasteiger partial charge in [-0.05, 0) is 94.2 Å². The summed E-state index contributed by atoms with van der Waals surface area (Å²) in [5.41, 5.74) is 3.04. The zero-order valence-corrected chi connectivity index (χ0v) is 28.3. The molecule has 11 nitrogen and oxygen atoms in total. The van der Waals surface area contributed by atoms with Crippen LogP contribution in [0.2, 0.25) is 0 Å². The summed E-state index contributed by atoms with van der Waals surface area (Å²) >= 11 is 0. The van der Waals surface area contributed by atoms with E-state index in [9.17, 15) is 44.0 Å². The van der Waals surface area contributed by atoms with Crippen molar-refractivity contribution in [3.05, 3.63) is 148 Å². The van der Waals surface area contributed by atoms with Gasteiger partial charge in [-0.15, -0.1) is 0 Å². The molecule has 0 bridgehead atoms. The summed E-state index contributed by atoms with van der Waals surface area (Å²) in [4.78, 5) is 1.00. The average Bonchev–Trinajstić information content (AvgIpc) is 3.04. The van der Waals surface area contributed by atoms with Crippen LogP contribution in [0.4, 0.5) is 5.69 Å². The third kappa shape index (κ3) is 8.61. The summed E-state index contributed by atoms with van der Waals surface area (Å²) in [6.45, 7) is 2.79. The first-order valence-corrected chi connectivity index (χ1v) is 19.0. The molecule has 49 heavy (non-hydrogen) atoms. The van der Waals surface area contributed by atoms with E-state index < -0.39 is 35.2 Å². The van der Waals surface area contributed by atoms with E-state index in [-0.39, 0.29) is 21.1 Å². The van der Waals surface area contributed by atoms with E-state index in [4.69, 9.17) is 0 Å². The van der Waals surface area contributed by atoms with E-state index >= 15 is 0 Å². The van der Waals surface area contributed by atoms with Crippen LogP contribution in [0.1, 0.15) is 29.2 Å². The van der Waals surface area contributed by atoms with Crippen LogP contribution in [0.25, 0.3) is 11.6 Å². The Morgan fingerprint density at radius 1 is 0.673 bits per heavy atom. The van der Waals surface area contributed by atoms with Crippen LogP contribution >= 0.6 is 0 Å². The highest BCUT2D eigenvalue weighted by atomic mass is 32.2. The third-order valence-corrected chi connectivity index (χ3v) is 10.3. The number of aromatic hydroxyl groups is 1. The SMILES string of the molecule is CCN(Cc1cccc(S(=O)(=O)O)c1)c1ccc(C(c2ccc(O)cc2S(=O)(=O)O)=c2ccc(=Cc3cccc(S(=O)(=O)O)c3)cc2)cc1. The lowest BCUT2D eigenvalue weighted by atomic mass is 9.94. The molecule has 5 aromatic carbocycles. The van der Waals surface area contributed by atoms with Crippen molar-refractivity contribution in [2.45, 2.75) is 28.2 Å². The maximum atomic E-state index is 12.5. The van der Waals surface area contributed by atoms with Crippen molar-refractivity contribution in [3.63, 3.8) is 0 Å². The van der Waals surface area contributed by atoms with E-state index in [1.165, 1.54) is 42.5 Å². The van der Waals surface area contributed by atoms with Crippen LogP contribution in [0, 0.1) is 0 Å². The van der Waals surface area contributed by atoms with E-state index in [0.29, 0.717) is 45.8 Å². The van der Waals surface area contributed by atoms with Gasteiger partial charge in [-0.3, -0.25) is 13.7 Å². The minimum absolute atomic E-state index is 0.125. The maximum absolute atomic E-state index is 12.5. The molecule has 0 aromatic heterocycles. The highest BCUT2D eigenvalue weighted by Gasteiger charge is 2.21. The Hall–Kier alpha value is -4.83. The van der Waals surface area contributed by atoms with Gasteiger partial charge in [0.1, 0.15) is 10.6 Å². The van der Waals surface area contributed by atoms with Crippen LogP contribution in [-0.4, -0.2) is 50.6 Å². The van der Waals surface area contributed by atoms with Gasteiger partial charge in [-0.2, -0.15) is 25.3 Å². The van der Waals surface area contributed by atoms with Crippen molar-refractivity contribution in [2.75, 3.05) is 11.4 Å². The summed E-state index contributed by atoms with van der Waals surface area (Å²) < 4.78 is 100. The number of nitrogens with zero attached hydrogens (tertiary/aromatic N) is 1. The zero-order valence-electron chi connectivity index (χ0n) is 25.9. The number of hydrogen-bond acceptors (Lipinski definition) is 8. The summed E-state index contributed by atoms with van der Waals surface area (Å²) in [6, 6.07) is 29.5. The van der Waals surface area contributed by atoms with Crippen molar-refractivity contribution in [1.82, 2.24) is 0 Å². The topological polar surface area (TPSA) is 187 Å². The van der Waals surface area contributed by atoms with E-state index in [1.807, 2.05) is 24.0 Å². The predicted octanol–water partition coefficient (Wildman–Crippen LogP) is 4.23. The van der Waals surface area contributed by atoms with Gasteiger partial charge in [-0.1, -0.05) is 60.7 Å². The first-order valence-electron chi connectivity index (χ1n) is 14.7. The Labute approximate surface area is 284 Å². The zero-order chi connectivity index (χ0) is 35.6. The second-order valence-electron chi connectivity index (χ2n) is 11.0. The smallest absolute Gasteiger partial charge is 0.295 e. The molecule has 0 radical (unpaired) electrons. The molecular weight excluding hydrogens is 691 g/mol. The van der Waals surface area contributed by atoms with Crippen molar-refractivity contribution in [2.24, 2.45) is 0 Å². The van der Waals surface area contributed by atoms with Crippen LogP contribution in [0.3, 0.4) is 0 Å². The quantitative estimate of drug-likeness (QED) is 0.151. The summed E-state index contributed by atoms with van der Waals surface area (Å²) in [5, 5.41) is 11.3. The Morgan fingerprint density at radius 3 is 1.88 bits per heavy atom. The molecule has 254 valence electrons. The van der Waals surface area contributed by atoms with Gasteiger partial charge in [0, 0.05) is 30.4 Å². The monoisotopic (exact) mass is 721 g/mol. The molecule has 0 saturated heterocycles. The Balaban J connectivity index is 1.61. The van der Waals surface area contributed by atoms with Gasteiger partial charge >= 0.3 is 0 Å². The van der Waals surface area contributed by atoms with Crippen LogP contribution in [-0.2, 0) is 36.9 Å². The number of phenols is 1. The maximum Gasteiger partial charge on any atom is 0.295 e. The van der Waals surface area contributed by atoms with Crippen molar-refractivity contribution in [3.8, 4) is 5.75 Å². The van der Waals surface area contributed by atoms with Crippen LogP contribution in [0.5, 0.6) is 5.75 Å². The second-order valence-corrected chi connectivity index (χ2v) is 15.3. The largest absolute Gasteiger partial charge is 0.508 e. The number of rotatable bonds is 10. The van der Waals surface area contributed by atoms with Crippen molar-refractivity contribution in [1.29, 1.82) is 0 Å². The molecule has 0 spiro atoms. The first kappa shape index (κ1) is 35.5. The summed E-state index contributed by atoms with van der Waals surface area (Å²) in [6.07, 6.45) is 1.70. The normalized spacial score (nSPS) is 12.0. The van der Waals surface area contributed by atoms with Gasteiger partial charge in [0.25, 0.3) is 30.4 Å². The first-order chi connectivity index (χ1) is 23.0. The highest BCUT2D eigenvalue weighted by molar-refractivity contribution is 7.86. The highest BCUT2D eigenvalue weighted by Crippen LogP contribution is 2.31. The van der Waals surface area contributed by atoms with Gasteiger partial charge in [-0.25, -0.2) is 0 Å². The van der Waals surface area contributed by atoms with Crippen molar-refractivity contribution < 1.29 is 44.0 Å². The fourth-order valence-corrected chi connectivity index (χ4v) is 7.17. The molecule has 0 amide bonds. The number of benzene rings is 5. The molecule has 4 N–H and O–H groups in total. The molecule has 0 atom stereocenters. The fraction of sp³-hybridized carbons (Fsp3) is 0.0857. The number of anilines is 1. The van der Waals surface area contributed by atoms with Gasteiger partial charge in [0.2, 0.25) is 0 Å². The second kappa shape index (κ2) is 14.0. The molecule has 0 saturated carbocycles. The molecule has 0 aliphatic carbocycles. The van der Waals surface area contributed by atoms with Gasteiger partial charge < -0.3 is 10.0 Å². The Kier molecular flexibility index (Phi) is 10.1. The average molecular weight is 722 g/mol. The minimum atomic E-state index is -4.78. The number of phenolic OH excluding ortho intramolecular Hbond substituents is 1. The fourth-order valence-electron chi connectivity index (χ4n) is 5.36. The lowest BCUT2D eigenvalue weighted by Crippen LogP contribution is -2.22. The summed E-state index contributed by atoms with van der Waals surface area (Å²) in [5.74, 6) is -0.361. The van der Waals surface area contributed by atoms with Crippen LogP contribution < -0.4 is 15.3 Å². The summed E-state index contributed by atoms with van der Waals surface area (Å²) in [7, 11) is -13.5. The standard InChI is InChI=1S/C35H31NO10S3/c1-2-36(23-26-6-4-8-32(21-26)48(41,42)43)29-15-13-28(14-16-29)35(33-18-17-30(37)22-34(33)49(44,45)46)27-11-9-24(10-12-27)19-25-5-3-7-31(20-25)47(38,39)40/h3-22,37H,2,23H2,1H3,(H,38,39,40)(H,41,42,43)(H,44,45,46). The molecular formula is C35H31NO10S3. The Bertz CT molecular complexity index is 2470. The lowest BCUT2D eigenvalue weighted by Gasteiger charge is -2.24. The van der Waals surface area contributed by atoms with Gasteiger partial charge in [0.05, 0.1) is 9.79 Å². The van der Waals surface area contributed by atoms with Crippen molar-refractivity contribution >= 4 is 47.7 Å². The predicted molar refractivity (Wildman–Crippen MR) is 184 cm³/mol. The molecule has 5 aromatic rings. The molecule has 0 fully saturated rings. The van der Waals surface area contributed by atoms with E-state index in [2.05, 4.69) is 0 Å². The van der Waals surface area contributed by atoms with Gasteiger partial charge in [0.15, 0.2) is 0 Å². The molecule has 0 heterocycles. The Morgan fingerprint density at radius 2 is 1.29 bits per heavy atom. The van der Waals surface area contributed by atoms with E-state index in [1.54, 1.807) is 60.7 Å². The third-order valence-electron chi connectivity index (χ3n) is 7.67. The molecule has 0 aliphatic heterocycles. The van der Waals surface area contributed by atoms with E-state index in [0.717, 1.165) is 11.8 Å². The lowest BCUT2D eigenvalue weighted by molar-refractivity contribution is 0.466. The van der Waals surface area contributed by atoms with Crippen LogP contribution in [0.15, 0.2) is 130 Å². The molecule has 5 rings (SSSR count). The molecule has 0 unspecified atom stereocenters.